The first-order valence-corrected chi connectivity index (χ1v) is 13.5. The number of hydrogen-bond donors (Lipinski definition) is 2. The lowest BCUT2D eigenvalue weighted by Gasteiger charge is -2.04. The molecule has 4 rings (SSSR count). The van der Waals surface area contributed by atoms with Crippen molar-refractivity contribution in [3.05, 3.63) is 141 Å². The first-order chi connectivity index (χ1) is 19.0. The van der Waals surface area contributed by atoms with E-state index in [0.29, 0.717) is 11.6 Å². The highest BCUT2D eigenvalue weighted by Gasteiger charge is 2.03. The van der Waals surface area contributed by atoms with Crippen LogP contribution < -0.4 is 0 Å². The molecule has 0 radical (unpaired) electrons. The molecule has 0 aromatic heterocycles. The Kier molecular flexibility index (Phi) is 15.3. The van der Waals surface area contributed by atoms with Crippen molar-refractivity contribution in [1.82, 2.24) is 0 Å². The molecule has 0 fully saturated rings. The Morgan fingerprint density at radius 1 is 0.641 bits per heavy atom. The molecule has 4 nitrogen and oxygen atoms in total. The maximum absolute atomic E-state index is 10.0. The molecule has 0 amide bonds. The average Bonchev–Trinajstić information content (AvgIpc) is 2.98. The minimum atomic E-state index is -1.45. The second kappa shape index (κ2) is 19.1. The van der Waals surface area contributed by atoms with Crippen molar-refractivity contribution in [3.8, 4) is 23.5 Å². The minimum Gasteiger partial charge on any atom is -0.462 e. The number of carbonyl (C=O) groups excluding carboxylic acids is 1. The lowest BCUT2D eigenvalue weighted by atomic mass is 10.1. The van der Waals surface area contributed by atoms with Crippen molar-refractivity contribution >= 4 is 49.8 Å². The third kappa shape index (κ3) is 13.9. The predicted octanol–water partition coefficient (Wildman–Crippen LogP) is 8.84. The summed E-state index contributed by atoms with van der Waals surface area (Å²) in [6.45, 7) is 0.298. The Balaban J connectivity index is 0.000000216. The lowest BCUT2D eigenvalue weighted by Crippen LogP contribution is -1.86. The Labute approximate surface area is 240 Å². The van der Waals surface area contributed by atoms with Gasteiger partial charge in [0.2, 0.25) is 0 Å². The number of halogens is 2. The van der Waals surface area contributed by atoms with Gasteiger partial charge < -0.3 is 14.7 Å². The van der Waals surface area contributed by atoms with Gasteiger partial charge in [0.05, 0.1) is 6.61 Å². The first kappa shape index (κ1) is 31.2. The monoisotopic (exact) mass is 574 g/mol. The van der Waals surface area contributed by atoms with E-state index in [-0.39, 0.29) is 0 Å². The smallest absolute Gasteiger partial charge is 0.195 e. The summed E-state index contributed by atoms with van der Waals surface area (Å²) in [5, 5.41) is 18.2. The molecular formula is C32H25Cl2O4P. The van der Waals surface area contributed by atoms with Gasteiger partial charge in [-0.25, -0.2) is 0 Å². The highest BCUT2D eigenvalue weighted by atomic mass is 35.5. The number of carbonyl (C=O) groups is 1. The molecule has 0 aliphatic carbocycles. The van der Waals surface area contributed by atoms with E-state index >= 15 is 0 Å². The predicted molar refractivity (Wildman–Crippen MR) is 161 cm³/mol. The maximum atomic E-state index is 10.0. The van der Waals surface area contributed by atoms with Gasteiger partial charge in [-0.15, -0.1) is 0 Å². The molecule has 0 unspecified atom stereocenters. The standard InChI is InChI=1S/C14H11Cl.C11H8ClO3P.C7H6O/c15-14-10-8-13(9-11-14)7-6-12-4-2-1-3-5-12;12-11-3-1-10(2-4-11)9-15-16(7-5-13)8-6-14;8-6-7-4-2-1-3-5-7/h1-11H;1-4,13-14H,9H2;1-6H/b7-6+;;. The van der Waals surface area contributed by atoms with Crippen LogP contribution in [0.5, 0.6) is 0 Å². The van der Waals surface area contributed by atoms with Crippen LogP contribution in [0, 0.1) is 23.5 Å². The van der Waals surface area contributed by atoms with E-state index in [4.69, 9.17) is 37.9 Å². The molecule has 0 saturated heterocycles. The lowest BCUT2D eigenvalue weighted by molar-refractivity contribution is 0.112. The molecule has 4 aromatic carbocycles. The quantitative estimate of drug-likeness (QED) is 0.104. The van der Waals surface area contributed by atoms with E-state index in [1.165, 1.54) is 5.56 Å². The Bertz CT molecular complexity index is 1380. The fourth-order valence-electron chi connectivity index (χ4n) is 2.77. The van der Waals surface area contributed by atoms with Crippen molar-refractivity contribution in [2.24, 2.45) is 0 Å². The van der Waals surface area contributed by atoms with Crippen LogP contribution in [0.15, 0.2) is 109 Å². The van der Waals surface area contributed by atoms with Crippen LogP contribution in [0.3, 0.4) is 0 Å². The number of aldehydes is 1. The summed E-state index contributed by atoms with van der Waals surface area (Å²) in [7, 11) is -1.45. The van der Waals surface area contributed by atoms with Crippen LogP contribution in [0.4, 0.5) is 0 Å². The molecule has 4 aromatic rings. The van der Waals surface area contributed by atoms with E-state index in [1.54, 1.807) is 36.5 Å². The number of benzene rings is 4. The molecule has 0 heterocycles. The van der Waals surface area contributed by atoms with Gasteiger partial charge in [0.15, 0.2) is 8.15 Å². The maximum Gasteiger partial charge on any atom is 0.195 e. The minimum absolute atomic E-state index is 0.298. The number of hydrogen-bond acceptors (Lipinski definition) is 4. The van der Waals surface area contributed by atoms with Crippen LogP contribution in [-0.4, -0.2) is 16.5 Å². The van der Waals surface area contributed by atoms with Crippen LogP contribution >= 0.6 is 31.4 Å². The summed E-state index contributed by atoms with van der Waals surface area (Å²) >= 11 is 11.5. The third-order valence-corrected chi connectivity index (χ3v) is 6.15. The summed E-state index contributed by atoms with van der Waals surface area (Å²) in [5.74, 6) is 0. The molecule has 0 saturated carbocycles. The van der Waals surface area contributed by atoms with Crippen LogP contribution in [0.2, 0.25) is 10.0 Å². The molecule has 0 aliphatic rings. The molecule has 39 heavy (non-hydrogen) atoms. The fourth-order valence-corrected chi connectivity index (χ4v) is 3.66. The summed E-state index contributed by atoms with van der Waals surface area (Å²) in [4.78, 5) is 10.0. The summed E-state index contributed by atoms with van der Waals surface area (Å²) < 4.78 is 5.30. The molecule has 0 aliphatic heterocycles. The largest absolute Gasteiger partial charge is 0.462 e. The highest BCUT2D eigenvalue weighted by Crippen LogP contribution is 2.34. The van der Waals surface area contributed by atoms with Crippen molar-refractivity contribution in [2.45, 2.75) is 6.61 Å². The van der Waals surface area contributed by atoms with Gasteiger partial charge in [0, 0.05) is 26.9 Å². The zero-order valence-electron chi connectivity index (χ0n) is 20.7. The first-order valence-electron chi connectivity index (χ1n) is 11.5. The second-order valence-electron chi connectivity index (χ2n) is 7.47. The van der Waals surface area contributed by atoms with Gasteiger partial charge in [-0.3, -0.25) is 4.79 Å². The average molecular weight is 575 g/mol. The molecule has 196 valence electrons. The van der Waals surface area contributed by atoms with E-state index < -0.39 is 8.15 Å². The molecule has 0 bridgehead atoms. The summed E-state index contributed by atoms with van der Waals surface area (Å²) in [6.07, 6.45) is 8.43. The third-order valence-electron chi connectivity index (χ3n) is 4.65. The van der Waals surface area contributed by atoms with E-state index in [9.17, 15) is 4.79 Å². The van der Waals surface area contributed by atoms with Gasteiger partial charge in [-0.1, -0.05) is 120 Å². The van der Waals surface area contributed by atoms with Crippen molar-refractivity contribution in [1.29, 1.82) is 0 Å². The normalized spacial score (nSPS) is 9.51. The molecular weight excluding hydrogens is 550 g/mol. The second-order valence-corrected chi connectivity index (χ2v) is 9.63. The van der Waals surface area contributed by atoms with E-state index in [2.05, 4.69) is 35.6 Å². The zero-order valence-corrected chi connectivity index (χ0v) is 23.2. The fraction of sp³-hybridized carbons (Fsp3) is 0.0312. The van der Waals surface area contributed by atoms with Gasteiger partial charge in [0.1, 0.15) is 18.5 Å². The SMILES string of the molecule is Clc1ccc(/C=C/c2ccccc2)cc1.O=Cc1ccccc1.OC#CP(C#CO)OCc1ccc(Cl)cc1. The van der Waals surface area contributed by atoms with Crippen LogP contribution in [-0.2, 0) is 11.1 Å². The topological polar surface area (TPSA) is 66.8 Å². The van der Waals surface area contributed by atoms with Gasteiger partial charge >= 0.3 is 0 Å². The van der Waals surface area contributed by atoms with Crippen LogP contribution in [0.25, 0.3) is 12.2 Å². The highest BCUT2D eigenvalue weighted by molar-refractivity contribution is 7.63. The van der Waals surface area contributed by atoms with Crippen LogP contribution in [0.1, 0.15) is 27.0 Å². The summed E-state index contributed by atoms with van der Waals surface area (Å²) in [6, 6.07) is 34.2. The van der Waals surface area contributed by atoms with Gasteiger partial charge in [0.25, 0.3) is 0 Å². The molecule has 0 spiro atoms. The number of aliphatic hydroxyl groups excluding tert-OH is 2. The Morgan fingerprint density at radius 3 is 1.51 bits per heavy atom. The van der Waals surface area contributed by atoms with Crippen molar-refractivity contribution in [3.63, 3.8) is 0 Å². The Hall–Kier alpha value is -4.02. The van der Waals surface area contributed by atoms with Crippen molar-refractivity contribution < 1.29 is 19.5 Å². The van der Waals surface area contributed by atoms with E-state index in [1.807, 2.05) is 72.8 Å². The molecule has 2 N–H and O–H groups in total. The number of aliphatic hydroxyl groups is 2. The molecule has 0 atom stereocenters. The zero-order chi connectivity index (χ0) is 28.1. The molecule has 7 heteroatoms. The van der Waals surface area contributed by atoms with Gasteiger partial charge in [-0.05, 0) is 41.0 Å². The van der Waals surface area contributed by atoms with E-state index in [0.717, 1.165) is 28.0 Å². The Morgan fingerprint density at radius 2 is 1.08 bits per heavy atom. The number of rotatable bonds is 6. The van der Waals surface area contributed by atoms with Crippen molar-refractivity contribution in [2.75, 3.05) is 0 Å². The van der Waals surface area contributed by atoms with Gasteiger partial charge in [-0.2, -0.15) is 0 Å². The summed E-state index contributed by atoms with van der Waals surface area (Å²) in [5.41, 5.74) is 8.71.